The van der Waals surface area contributed by atoms with Gasteiger partial charge >= 0.3 is 18.0 Å². The first-order valence-electron chi connectivity index (χ1n) is 8.25. The van der Waals surface area contributed by atoms with Crippen LogP contribution in [0.3, 0.4) is 0 Å². The highest BCUT2D eigenvalue weighted by Gasteiger charge is 2.34. The number of halogens is 1. The number of carboxylic acids is 1. The van der Waals surface area contributed by atoms with Crippen molar-refractivity contribution in [2.75, 3.05) is 25.5 Å². The highest BCUT2D eigenvalue weighted by molar-refractivity contribution is 6.31. The number of carbonyl (C=O) groups is 3. The first-order chi connectivity index (χ1) is 12.3. The number of rotatable bonds is 7. The number of methoxy groups -OCH3 is 1. The Hall–Kier alpha value is -2.32. The van der Waals surface area contributed by atoms with E-state index in [0.29, 0.717) is 30.1 Å². The Bertz CT molecular complexity index is 691. The molecule has 9 heteroatoms. The van der Waals surface area contributed by atoms with E-state index in [1.54, 1.807) is 6.07 Å². The quantitative estimate of drug-likeness (QED) is 0.623. The molecule has 0 bridgehead atoms. The Labute approximate surface area is 156 Å². The molecule has 1 aliphatic carbocycles. The molecule has 2 rings (SSSR count). The third-order valence-corrected chi connectivity index (χ3v) is 4.58. The number of carbonyl (C=O) groups excluding carboxylic acids is 2. The van der Waals surface area contributed by atoms with Gasteiger partial charge in [0.2, 0.25) is 0 Å². The monoisotopic (exact) mass is 383 g/mol. The van der Waals surface area contributed by atoms with E-state index in [1.165, 1.54) is 19.2 Å². The van der Waals surface area contributed by atoms with Crippen molar-refractivity contribution in [2.45, 2.75) is 31.8 Å². The van der Waals surface area contributed by atoms with E-state index in [2.05, 4.69) is 15.4 Å². The minimum atomic E-state index is -0.862. The lowest BCUT2D eigenvalue weighted by molar-refractivity contribution is -0.139. The zero-order chi connectivity index (χ0) is 19.3. The number of anilines is 1. The third kappa shape index (κ3) is 5.09. The SMILES string of the molecule is CCN(CC(=O)O)C1CC(NC(=O)Nc2ccc(Cl)cc2C(=O)OC)C1. The fourth-order valence-corrected chi connectivity index (χ4v) is 3.10. The van der Waals surface area contributed by atoms with Crippen LogP contribution in [0.1, 0.15) is 30.1 Å². The summed E-state index contributed by atoms with van der Waals surface area (Å²) in [7, 11) is 1.25. The topological polar surface area (TPSA) is 108 Å². The normalized spacial score (nSPS) is 18.8. The summed E-state index contributed by atoms with van der Waals surface area (Å²) in [4.78, 5) is 36.7. The van der Waals surface area contributed by atoms with Gasteiger partial charge in [-0.25, -0.2) is 9.59 Å². The molecule has 0 unspecified atom stereocenters. The van der Waals surface area contributed by atoms with Crippen LogP contribution in [-0.4, -0.2) is 60.3 Å². The maximum Gasteiger partial charge on any atom is 0.340 e. The summed E-state index contributed by atoms with van der Waals surface area (Å²) >= 11 is 5.88. The lowest BCUT2D eigenvalue weighted by atomic mass is 9.85. The lowest BCUT2D eigenvalue weighted by Gasteiger charge is -2.42. The Morgan fingerprint density at radius 1 is 1.35 bits per heavy atom. The molecule has 1 saturated carbocycles. The Morgan fingerprint density at radius 2 is 2.04 bits per heavy atom. The summed E-state index contributed by atoms with van der Waals surface area (Å²) in [6, 6.07) is 4.17. The summed E-state index contributed by atoms with van der Waals surface area (Å²) in [5.74, 6) is -1.46. The molecular formula is C17H22ClN3O5. The average Bonchev–Trinajstić information content (AvgIpc) is 2.56. The van der Waals surface area contributed by atoms with Gasteiger partial charge in [0.1, 0.15) is 0 Å². The van der Waals surface area contributed by atoms with E-state index in [4.69, 9.17) is 16.7 Å². The minimum absolute atomic E-state index is 0.00660. The van der Waals surface area contributed by atoms with Crippen molar-refractivity contribution >= 4 is 35.3 Å². The number of likely N-dealkylation sites (N-methyl/N-ethyl adjacent to an activating group) is 1. The number of hydrogen-bond donors (Lipinski definition) is 3. The van der Waals surface area contributed by atoms with Crippen LogP contribution in [0.4, 0.5) is 10.5 Å². The van der Waals surface area contributed by atoms with Crippen LogP contribution in [0.2, 0.25) is 5.02 Å². The van der Waals surface area contributed by atoms with Gasteiger partial charge in [-0.3, -0.25) is 9.69 Å². The van der Waals surface area contributed by atoms with Crippen molar-refractivity contribution in [3.63, 3.8) is 0 Å². The fourth-order valence-electron chi connectivity index (χ4n) is 2.92. The van der Waals surface area contributed by atoms with E-state index >= 15 is 0 Å². The molecule has 0 atom stereocenters. The number of amides is 2. The first kappa shape index (κ1) is 20.0. The Morgan fingerprint density at radius 3 is 2.62 bits per heavy atom. The van der Waals surface area contributed by atoms with Crippen molar-refractivity contribution in [3.05, 3.63) is 28.8 Å². The molecule has 0 saturated heterocycles. The summed E-state index contributed by atoms with van der Waals surface area (Å²) < 4.78 is 4.69. The molecule has 0 aliphatic heterocycles. The minimum Gasteiger partial charge on any atom is -0.480 e. The second-order valence-corrected chi connectivity index (χ2v) is 6.50. The van der Waals surface area contributed by atoms with Crippen molar-refractivity contribution in [1.82, 2.24) is 10.2 Å². The largest absolute Gasteiger partial charge is 0.480 e. The average molecular weight is 384 g/mol. The van der Waals surface area contributed by atoms with Gasteiger partial charge in [0.25, 0.3) is 0 Å². The molecule has 8 nitrogen and oxygen atoms in total. The Balaban J connectivity index is 1.89. The number of ether oxygens (including phenoxy) is 1. The fraction of sp³-hybridized carbons (Fsp3) is 0.471. The molecular weight excluding hydrogens is 362 g/mol. The van der Waals surface area contributed by atoms with Crippen LogP contribution in [0.5, 0.6) is 0 Å². The number of nitrogens with one attached hydrogen (secondary N) is 2. The summed E-state index contributed by atoms with van der Waals surface area (Å²) in [6.07, 6.45) is 1.36. The third-order valence-electron chi connectivity index (χ3n) is 4.34. The van der Waals surface area contributed by atoms with Gasteiger partial charge in [0, 0.05) is 17.1 Å². The number of aliphatic carboxylic acids is 1. The number of benzene rings is 1. The van der Waals surface area contributed by atoms with E-state index < -0.39 is 18.0 Å². The van der Waals surface area contributed by atoms with Gasteiger partial charge in [-0.15, -0.1) is 0 Å². The molecule has 0 aromatic heterocycles. The van der Waals surface area contributed by atoms with Gasteiger partial charge in [0.05, 0.1) is 24.9 Å². The maximum atomic E-state index is 12.2. The molecule has 26 heavy (non-hydrogen) atoms. The van der Waals surface area contributed by atoms with Gasteiger partial charge in [-0.05, 0) is 37.6 Å². The second kappa shape index (κ2) is 8.86. The van der Waals surface area contributed by atoms with Crippen LogP contribution in [0.15, 0.2) is 18.2 Å². The standard InChI is InChI=1S/C17H22ClN3O5/c1-3-21(9-15(22)23)12-7-11(8-12)19-17(25)20-14-5-4-10(18)6-13(14)16(24)26-2/h4-6,11-12H,3,7-9H2,1-2H3,(H,22,23)(H2,19,20,25). The zero-order valence-electron chi connectivity index (χ0n) is 14.6. The smallest absolute Gasteiger partial charge is 0.340 e. The molecule has 0 spiro atoms. The second-order valence-electron chi connectivity index (χ2n) is 6.06. The molecule has 1 aliphatic rings. The van der Waals surface area contributed by atoms with Crippen LogP contribution < -0.4 is 10.6 Å². The first-order valence-corrected chi connectivity index (χ1v) is 8.63. The number of esters is 1. The highest BCUT2D eigenvalue weighted by atomic mass is 35.5. The van der Waals surface area contributed by atoms with E-state index in [0.717, 1.165) is 0 Å². The van der Waals surface area contributed by atoms with Crippen LogP contribution in [0, 0.1) is 0 Å². The maximum absolute atomic E-state index is 12.2. The Kier molecular flexibility index (Phi) is 6.82. The van der Waals surface area contributed by atoms with Crippen molar-refractivity contribution < 1.29 is 24.2 Å². The molecule has 2 amide bonds. The van der Waals surface area contributed by atoms with Gasteiger partial charge in [-0.1, -0.05) is 18.5 Å². The number of urea groups is 1. The summed E-state index contributed by atoms with van der Waals surface area (Å²) in [5.41, 5.74) is 0.468. The number of nitrogens with zero attached hydrogens (tertiary/aromatic N) is 1. The predicted octanol–water partition coefficient (Wildman–Crippen LogP) is 2.19. The molecule has 1 aromatic carbocycles. The van der Waals surface area contributed by atoms with E-state index in [9.17, 15) is 14.4 Å². The number of hydrogen-bond acceptors (Lipinski definition) is 5. The van der Waals surface area contributed by atoms with Gasteiger partial charge < -0.3 is 20.5 Å². The number of carboxylic acid groups (broad SMARTS) is 1. The lowest BCUT2D eigenvalue weighted by Crippen LogP contribution is -2.55. The summed E-state index contributed by atoms with van der Waals surface area (Å²) in [5, 5.41) is 14.7. The molecule has 1 aromatic rings. The van der Waals surface area contributed by atoms with Crippen molar-refractivity contribution in [2.24, 2.45) is 0 Å². The van der Waals surface area contributed by atoms with Crippen LogP contribution in [0.25, 0.3) is 0 Å². The molecule has 0 heterocycles. The molecule has 0 radical (unpaired) electrons. The van der Waals surface area contributed by atoms with Crippen molar-refractivity contribution in [1.29, 1.82) is 0 Å². The molecule has 142 valence electrons. The van der Waals surface area contributed by atoms with E-state index in [1.807, 2.05) is 11.8 Å². The highest BCUT2D eigenvalue weighted by Crippen LogP contribution is 2.26. The van der Waals surface area contributed by atoms with Crippen LogP contribution >= 0.6 is 11.6 Å². The predicted molar refractivity (Wildman–Crippen MR) is 96.6 cm³/mol. The van der Waals surface area contributed by atoms with E-state index in [-0.39, 0.29) is 24.2 Å². The summed E-state index contributed by atoms with van der Waals surface area (Å²) in [6.45, 7) is 2.54. The van der Waals surface area contributed by atoms with Gasteiger partial charge in [-0.2, -0.15) is 0 Å². The van der Waals surface area contributed by atoms with Crippen molar-refractivity contribution in [3.8, 4) is 0 Å². The molecule has 3 N–H and O–H groups in total. The van der Waals surface area contributed by atoms with Gasteiger partial charge in [0.15, 0.2) is 0 Å². The zero-order valence-corrected chi connectivity index (χ0v) is 15.4. The van der Waals surface area contributed by atoms with Crippen LogP contribution in [-0.2, 0) is 9.53 Å². The molecule has 1 fully saturated rings.